The zero-order valence-corrected chi connectivity index (χ0v) is 15.9. The van der Waals surface area contributed by atoms with Gasteiger partial charge < -0.3 is 15.7 Å². The minimum Gasteiger partial charge on any atom is -0.396 e. The zero-order chi connectivity index (χ0) is 18.0. The van der Waals surface area contributed by atoms with Crippen molar-refractivity contribution >= 4 is 33.1 Å². The first-order valence-corrected chi connectivity index (χ1v) is 9.24. The SMILES string of the molecule is Cn1cc(-c2cc3nc(NC(C)(C)C)cc(NCCCO)c3s2)cn1. The number of rotatable bonds is 6. The summed E-state index contributed by atoms with van der Waals surface area (Å²) >= 11 is 1.71. The van der Waals surface area contributed by atoms with Crippen LogP contribution in [0.5, 0.6) is 0 Å². The normalized spacial score (nSPS) is 11.9. The monoisotopic (exact) mass is 359 g/mol. The topological polar surface area (TPSA) is 75.0 Å². The molecule has 3 rings (SSSR count). The summed E-state index contributed by atoms with van der Waals surface area (Å²) in [6.07, 6.45) is 4.60. The largest absolute Gasteiger partial charge is 0.396 e. The third kappa shape index (κ3) is 4.29. The average Bonchev–Trinajstić information content (AvgIpc) is 3.11. The molecule has 0 aliphatic heterocycles. The summed E-state index contributed by atoms with van der Waals surface area (Å²) in [6.45, 7) is 7.26. The molecule has 0 bridgehead atoms. The smallest absolute Gasteiger partial charge is 0.129 e. The first kappa shape index (κ1) is 17.7. The molecule has 0 aliphatic rings. The lowest BCUT2D eigenvalue weighted by Crippen LogP contribution is -2.26. The molecule has 0 saturated carbocycles. The lowest BCUT2D eigenvalue weighted by molar-refractivity contribution is 0.292. The van der Waals surface area contributed by atoms with Crippen LogP contribution < -0.4 is 10.6 Å². The van der Waals surface area contributed by atoms with Crippen molar-refractivity contribution in [1.29, 1.82) is 0 Å². The predicted octanol–water partition coefficient (Wildman–Crippen LogP) is 3.70. The second-order valence-electron chi connectivity index (χ2n) is 7.16. The molecule has 7 heteroatoms. The highest BCUT2D eigenvalue weighted by Gasteiger charge is 2.15. The van der Waals surface area contributed by atoms with E-state index in [4.69, 9.17) is 10.1 Å². The summed E-state index contributed by atoms with van der Waals surface area (Å²) in [5, 5.41) is 20.2. The standard InChI is InChI=1S/C18H25N5OS/c1-18(2,3)22-16-9-13(19-6-5-7-24)17-14(21-16)8-15(25-17)12-10-20-23(4)11-12/h8-11,24H,5-7H2,1-4H3,(H2,19,21,22). The number of hydrogen-bond donors (Lipinski definition) is 3. The Hall–Kier alpha value is -2.12. The summed E-state index contributed by atoms with van der Waals surface area (Å²) in [5.74, 6) is 0.849. The third-order valence-electron chi connectivity index (χ3n) is 3.62. The summed E-state index contributed by atoms with van der Waals surface area (Å²) in [7, 11) is 1.92. The molecule has 0 saturated heterocycles. The minimum absolute atomic E-state index is 0.0642. The van der Waals surface area contributed by atoms with Crippen LogP contribution in [0.3, 0.4) is 0 Å². The molecule has 3 aromatic heterocycles. The Morgan fingerprint density at radius 2 is 2.08 bits per heavy atom. The molecule has 3 heterocycles. The third-order valence-corrected chi connectivity index (χ3v) is 4.83. The Kier molecular flexibility index (Phi) is 4.96. The van der Waals surface area contributed by atoms with E-state index in [0.29, 0.717) is 6.42 Å². The van der Waals surface area contributed by atoms with Crippen molar-refractivity contribution in [3.8, 4) is 10.4 Å². The van der Waals surface area contributed by atoms with Gasteiger partial charge in [0.1, 0.15) is 5.82 Å². The maximum absolute atomic E-state index is 9.05. The van der Waals surface area contributed by atoms with E-state index >= 15 is 0 Å². The van der Waals surface area contributed by atoms with E-state index in [-0.39, 0.29) is 12.1 Å². The number of pyridine rings is 1. The molecular weight excluding hydrogens is 334 g/mol. The average molecular weight is 359 g/mol. The van der Waals surface area contributed by atoms with Gasteiger partial charge >= 0.3 is 0 Å². The maximum atomic E-state index is 9.05. The Labute approximate surface area is 151 Å². The van der Waals surface area contributed by atoms with Gasteiger partial charge in [0.05, 0.1) is 22.1 Å². The van der Waals surface area contributed by atoms with Gasteiger partial charge in [-0.05, 0) is 33.3 Å². The van der Waals surface area contributed by atoms with Gasteiger partial charge in [-0.25, -0.2) is 4.98 Å². The molecule has 134 valence electrons. The Balaban J connectivity index is 2.03. The van der Waals surface area contributed by atoms with Crippen LogP contribution in [0.1, 0.15) is 27.2 Å². The van der Waals surface area contributed by atoms with E-state index in [2.05, 4.69) is 48.6 Å². The van der Waals surface area contributed by atoms with Gasteiger partial charge in [-0.1, -0.05) is 0 Å². The Morgan fingerprint density at radius 3 is 2.72 bits per heavy atom. The lowest BCUT2D eigenvalue weighted by atomic mass is 10.1. The molecule has 6 nitrogen and oxygen atoms in total. The van der Waals surface area contributed by atoms with Crippen molar-refractivity contribution in [2.24, 2.45) is 7.05 Å². The van der Waals surface area contributed by atoms with Crippen molar-refractivity contribution in [2.75, 3.05) is 23.8 Å². The zero-order valence-electron chi connectivity index (χ0n) is 15.1. The molecule has 3 N–H and O–H groups in total. The van der Waals surface area contributed by atoms with Crippen LogP contribution in [-0.2, 0) is 7.05 Å². The molecule has 0 radical (unpaired) electrons. The number of aliphatic hydroxyl groups excluding tert-OH is 1. The van der Waals surface area contributed by atoms with Gasteiger partial charge in [-0.3, -0.25) is 4.68 Å². The predicted molar refractivity (Wildman–Crippen MR) is 105 cm³/mol. The number of aliphatic hydroxyl groups is 1. The van der Waals surface area contributed by atoms with Crippen molar-refractivity contribution in [1.82, 2.24) is 14.8 Å². The van der Waals surface area contributed by atoms with Gasteiger partial charge in [-0.15, -0.1) is 11.3 Å². The summed E-state index contributed by atoms with van der Waals surface area (Å²) in [6, 6.07) is 4.16. The van der Waals surface area contributed by atoms with E-state index in [1.54, 1.807) is 16.0 Å². The molecule has 0 atom stereocenters. The maximum Gasteiger partial charge on any atom is 0.129 e. The fourth-order valence-electron chi connectivity index (χ4n) is 2.59. The van der Waals surface area contributed by atoms with Crippen LogP contribution in [0.4, 0.5) is 11.5 Å². The number of nitrogens with one attached hydrogen (secondary N) is 2. The van der Waals surface area contributed by atoms with Crippen LogP contribution in [0.2, 0.25) is 0 Å². The van der Waals surface area contributed by atoms with Crippen molar-refractivity contribution in [3.63, 3.8) is 0 Å². The highest BCUT2D eigenvalue weighted by Crippen LogP contribution is 2.38. The van der Waals surface area contributed by atoms with Gasteiger partial charge in [0.15, 0.2) is 0 Å². The lowest BCUT2D eigenvalue weighted by Gasteiger charge is -2.22. The van der Waals surface area contributed by atoms with Gasteiger partial charge in [-0.2, -0.15) is 5.10 Å². The van der Waals surface area contributed by atoms with Crippen LogP contribution in [0.25, 0.3) is 20.7 Å². The molecule has 0 aromatic carbocycles. The molecule has 0 unspecified atom stereocenters. The second kappa shape index (κ2) is 7.01. The summed E-state index contributed by atoms with van der Waals surface area (Å²) in [4.78, 5) is 5.93. The second-order valence-corrected chi connectivity index (χ2v) is 8.21. The van der Waals surface area contributed by atoms with Crippen LogP contribution in [-0.4, -0.2) is 38.6 Å². The Bertz CT molecular complexity index is 862. The molecule has 0 amide bonds. The summed E-state index contributed by atoms with van der Waals surface area (Å²) in [5.41, 5.74) is 3.04. The molecule has 3 aromatic rings. The van der Waals surface area contributed by atoms with Gasteiger partial charge in [0.2, 0.25) is 0 Å². The Morgan fingerprint density at radius 1 is 1.28 bits per heavy atom. The van der Waals surface area contributed by atoms with E-state index in [1.165, 1.54) is 0 Å². The number of aromatic nitrogens is 3. The molecule has 0 spiro atoms. The van der Waals surface area contributed by atoms with Gasteiger partial charge in [0.25, 0.3) is 0 Å². The highest BCUT2D eigenvalue weighted by molar-refractivity contribution is 7.22. The van der Waals surface area contributed by atoms with Crippen LogP contribution in [0.15, 0.2) is 24.5 Å². The van der Waals surface area contributed by atoms with E-state index in [0.717, 1.165) is 38.7 Å². The van der Waals surface area contributed by atoms with E-state index < -0.39 is 0 Å². The number of anilines is 2. The van der Waals surface area contributed by atoms with Crippen LogP contribution in [0, 0.1) is 0 Å². The minimum atomic E-state index is -0.0642. The number of fused-ring (bicyclic) bond motifs is 1. The van der Waals surface area contributed by atoms with Crippen molar-refractivity contribution < 1.29 is 5.11 Å². The number of aryl methyl sites for hydroxylation is 1. The number of nitrogens with zero attached hydrogens (tertiary/aromatic N) is 3. The molecule has 0 aliphatic carbocycles. The quantitative estimate of drug-likeness (QED) is 0.585. The van der Waals surface area contributed by atoms with Crippen molar-refractivity contribution in [3.05, 3.63) is 24.5 Å². The van der Waals surface area contributed by atoms with Gasteiger partial charge in [0, 0.05) is 48.4 Å². The van der Waals surface area contributed by atoms with E-state index in [9.17, 15) is 0 Å². The van der Waals surface area contributed by atoms with Crippen molar-refractivity contribution in [2.45, 2.75) is 32.7 Å². The molecule has 25 heavy (non-hydrogen) atoms. The molecule has 0 fully saturated rings. The molecular formula is C18H25N5OS. The summed E-state index contributed by atoms with van der Waals surface area (Å²) < 4.78 is 2.93. The first-order valence-electron chi connectivity index (χ1n) is 8.42. The fraction of sp³-hybridized carbons (Fsp3) is 0.444. The number of hydrogen-bond acceptors (Lipinski definition) is 6. The fourth-order valence-corrected chi connectivity index (χ4v) is 3.66. The van der Waals surface area contributed by atoms with Crippen LogP contribution >= 0.6 is 11.3 Å². The highest BCUT2D eigenvalue weighted by atomic mass is 32.1. The number of thiophene rings is 1. The first-order chi connectivity index (χ1) is 11.9. The van der Waals surface area contributed by atoms with E-state index in [1.807, 2.05) is 19.4 Å².